The number of rotatable bonds is 4. The van der Waals surface area contributed by atoms with Crippen molar-refractivity contribution in [1.82, 2.24) is 5.32 Å². The third-order valence-corrected chi connectivity index (χ3v) is 4.57. The number of amides is 1. The summed E-state index contributed by atoms with van der Waals surface area (Å²) < 4.78 is 16.1. The summed E-state index contributed by atoms with van der Waals surface area (Å²) in [7, 11) is 0. The lowest BCUT2D eigenvalue weighted by molar-refractivity contribution is -0.158. The number of benzene rings is 1. The van der Waals surface area contributed by atoms with E-state index < -0.39 is 12.1 Å². The Labute approximate surface area is 141 Å². The maximum Gasteiger partial charge on any atom is 0.351 e. The summed E-state index contributed by atoms with van der Waals surface area (Å²) in [5.74, 6) is 0.720. The molecule has 0 unspecified atom stereocenters. The van der Waals surface area contributed by atoms with Crippen molar-refractivity contribution in [3.8, 4) is 11.5 Å². The van der Waals surface area contributed by atoms with Crippen molar-refractivity contribution in [2.24, 2.45) is 5.92 Å². The molecule has 1 aromatic carbocycles. The highest BCUT2D eigenvalue weighted by Crippen LogP contribution is 2.31. The van der Waals surface area contributed by atoms with E-state index in [1.807, 2.05) is 6.07 Å². The Morgan fingerprint density at radius 1 is 1.21 bits per heavy atom. The molecule has 0 aromatic heterocycles. The second-order valence-electron chi connectivity index (χ2n) is 6.41. The van der Waals surface area contributed by atoms with Gasteiger partial charge in [-0.2, -0.15) is 0 Å². The van der Waals surface area contributed by atoms with Crippen molar-refractivity contribution in [3.63, 3.8) is 0 Å². The smallest absolute Gasteiger partial charge is 0.351 e. The normalized spacial score (nSPS) is 25.6. The topological polar surface area (TPSA) is 73.9 Å². The maximum atomic E-state index is 12.1. The number of hydrogen-bond donors (Lipinski definition) is 1. The van der Waals surface area contributed by atoms with E-state index in [1.54, 1.807) is 18.2 Å². The maximum absolute atomic E-state index is 12.1. The highest BCUT2D eigenvalue weighted by atomic mass is 16.6. The first-order valence-corrected chi connectivity index (χ1v) is 8.48. The number of carbonyl (C=O) groups is 2. The molecule has 1 aliphatic heterocycles. The van der Waals surface area contributed by atoms with Gasteiger partial charge in [-0.25, -0.2) is 4.79 Å². The molecular weight excluding hydrogens is 310 g/mol. The van der Waals surface area contributed by atoms with Crippen LogP contribution in [0.25, 0.3) is 0 Å². The SMILES string of the molecule is C[C@@H]1CCCC[C@H]1NC(=O)COC(=O)[C@@H]1COc2ccccc2O1. The molecule has 1 aromatic rings. The first-order valence-electron chi connectivity index (χ1n) is 8.48. The number of esters is 1. The van der Waals surface area contributed by atoms with Crippen LogP contribution in [0.4, 0.5) is 0 Å². The molecule has 1 fully saturated rings. The average Bonchev–Trinajstić information content (AvgIpc) is 2.61. The van der Waals surface area contributed by atoms with E-state index in [-0.39, 0.29) is 25.2 Å². The quantitative estimate of drug-likeness (QED) is 0.854. The molecule has 1 N–H and O–H groups in total. The molecule has 6 heteroatoms. The van der Waals surface area contributed by atoms with Gasteiger partial charge in [0, 0.05) is 6.04 Å². The summed E-state index contributed by atoms with van der Waals surface area (Å²) in [5, 5.41) is 2.95. The fourth-order valence-corrected chi connectivity index (χ4v) is 3.14. The van der Waals surface area contributed by atoms with Crippen molar-refractivity contribution in [1.29, 1.82) is 0 Å². The van der Waals surface area contributed by atoms with Gasteiger partial charge in [-0.3, -0.25) is 4.79 Å². The van der Waals surface area contributed by atoms with Crippen LogP contribution in [0, 0.1) is 5.92 Å². The molecule has 0 saturated heterocycles. The summed E-state index contributed by atoms with van der Waals surface area (Å²) >= 11 is 0. The van der Waals surface area contributed by atoms with Gasteiger partial charge in [0.15, 0.2) is 18.1 Å². The second-order valence-corrected chi connectivity index (χ2v) is 6.41. The van der Waals surface area contributed by atoms with Crippen molar-refractivity contribution in [3.05, 3.63) is 24.3 Å². The first-order chi connectivity index (χ1) is 11.6. The molecule has 3 atom stereocenters. The molecule has 1 aliphatic carbocycles. The number of fused-ring (bicyclic) bond motifs is 1. The van der Waals surface area contributed by atoms with E-state index in [0.717, 1.165) is 19.3 Å². The number of carbonyl (C=O) groups excluding carboxylic acids is 2. The van der Waals surface area contributed by atoms with E-state index in [9.17, 15) is 9.59 Å². The number of hydrogen-bond acceptors (Lipinski definition) is 5. The molecular formula is C18H23NO5. The third-order valence-electron chi connectivity index (χ3n) is 4.57. The molecule has 1 heterocycles. The molecule has 1 amide bonds. The fraction of sp³-hybridized carbons (Fsp3) is 0.556. The van der Waals surface area contributed by atoms with Crippen LogP contribution in [0.1, 0.15) is 32.6 Å². The van der Waals surface area contributed by atoms with Gasteiger partial charge in [0.05, 0.1) is 0 Å². The highest BCUT2D eigenvalue weighted by Gasteiger charge is 2.29. The zero-order valence-corrected chi connectivity index (χ0v) is 13.8. The fourth-order valence-electron chi connectivity index (χ4n) is 3.14. The van der Waals surface area contributed by atoms with Gasteiger partial charge in [0.1, 0.15) is 6.61 Å². The summed E-state index contributed by atoms with van der Waals surface area (Å²) in [4.78, 5) is 24.0. The minimum atomic E-state index is -0.846. The lowest BCUT2D eigenvalue weighted by atomic mass is 9.86. The van der Waals surface area contributed by atoms with E-state index in [0.29, 0.717) is 17.4 Å². The van der Waals surface area contributed by atoms with Gasteiger partial charge in [0.25, 0.3) is 5.91 Å². The van der Waals surface area contributed by atoms with Gasteiger partial charge in [-0.1, -0.05) is 31.9 Å². The van der Waals surface area contributed by atoms with Crippen molar-refractivity contribution < 1.29 is 23.8 Å². The zero-order valence-electron chi connectivity index (χ0n) is 13.8. The monoisotopic (exact) mass is 333 g/mol. The van der Waals surface area contributed by atoms with Crippen LogP contribution in [0.3, 0.4) is 0 Å². The Morgan fingerprint density at radius 2 is 1.96 bits per heavy atom. The molecule has 0 bridgehead atoms. The number of para-hydroxylation sites is 2. The standard InChI is InChI=1S/C18H23NO5/c1-12-6-2-3-7-13(12)19-17(20)11-23-18(21)16-10-22-14-8-4-5-9-15(14)24-16/h4-5,8-9,12-13,16H,2-3,6-7,10-11H2,1H3,(H,19,20)/t12-,13-,16+/m1/s1. The largest absolute Gasteiger partial charge is 0.485 e. The Bertz CT molecular complexity index is 603. The number of ether oxygens (including phenoxy) is 3. The van der Waals surface area contributed by atoms with Gasteiger partial charge in [-0.15, -0.1) is 0 Å². The summed E-state index contributed by atoms with van der Waals surface area (Å²) in [6.07, 6.45) is 3.60. The molecule has 3 rings (SSSR count). The predicted molar refractivity (Wildman–Crippen MR) is 86.9 cm³/mol. The van der Waals surface area contributed by atoms with Crippen LogP contribution in [-0.4, -0.2) is 37.2 Å². The summed E-state index contributed by atoms with van der Waals surface area (Å²) in [6.45, 7) is 1.93. The van der Waals surface area contributed by atoms with Crippen LogP contribution in [0.5, 0.6) is 11.5 Å². The lowest BCUT2D eigenvalue weighted by Crippen LogP contribution is -2.44. The van der Waals surface area contributed by atoms with Crippen molar-refractivity contribution in [2.75, 3.05) is 13.2 Å². The van der Waals surface area contributed by atoms with Gasteiger partial charge < -0.3 is 19.5 Å². The minimum absolute atomic E-state index is 0.0805. The average molecular weight is 333 g/mol. The Hall–Kier alpha value is -2.24. The number of nitrogens with one attached hydrogen (secondary N) is 1. The molecule has 130 valence electrons. The summed E-state index contributed by atoms with van der Waals surface area (Å²) in [6, 6.07) is 7.30. The molecule has 2 aliphatic rings. The van der Waals surface area contributed by atoms with Crippen LogP contribution in [0.15, 0.2) is 24.3 Å². The second kappa shape index (κ2) is 7.55. The summed E-state index contributed by atoms with van der Waals surface area (Å²) in [5.41, 5.74) is 0. The Balaban J connectivity index is 1.45. The third kappa shape index (κ3) is 3.99. The van der Waals surface area contributed by atoms with Crippen molar-refractivity contribution in [2.45, 2.75) is 44.8 Å². The van der Waals surface area contributed by atoms with Crippen molar-refractivity contribution >= 4 is 11.9 Å². The van der Waals surface area contributed by atoms with Gasteiger partial charge in [-0.05, 0) is 30.9 Å². The van der Waals surface area contributed by atoms with Crippen LogP contribution >= 0.6 is 0 Å². The van der Waals surface area contributed by atoms with E-state index in [1.165, 1.54) is 6.42 Å². The highest BCUT2D eigenvalue weighted by molar-refractivity contribution is 5.82. The van der Waals surface area contributed by atoms with E-state index >= 15 is 0 Å². The molecule has 1 saturated carbocycles. The molecule has 6 nitrogen and oxygen atoms in total. The van der Waals surface area contributed by atoms with E-state index in [2.05, 4.69) is 12.2 Å². The molecule has 0 radical (unpaired) electrons. The van der Waals surface area contributed by atoms with Crippen LogP contribution in [-0.2, 0) is 14.3 Å². The predicted octanol–water partition coefficient (Wildman–Crippen LogP) is 2.06. The molecule has 24 heavy (non-hydrogen) atoms. The van der Waals surface area contributed by atoms with Gasteiger partial charge in [0.2, 0.25) is 6.10 Å². The Morgan fingerprint density at radius 3 is 2.75 bits per heavy atom. The van der Waals surface area contributed by atoms with E-state index in [4.69, 9.17) is 14.2 Å². The molecule has 0 spiro atoms. The van der Waals surface area contributed by atoms with Crippen LogP contribution < -0.4 is 14.8 Å². The zero-order chi connectivity index (χ0) is 16.9. The van der Waals surface area contributed by atoms with Gasteiger partial charge >= 0.3 is 5.97 Å². The Kier molecular flexibility index (Phi) is 5.23. The lowest BCUT2D eigenvalue weighted by Gasteiger charge is -2.29. The first kappa shape index (κ1) is 16.6. The van der Waals surface area contributed by atoms with Crippen LogP contribution in [0.2, 0.25) is 0 Å². The minimum Gasteiger partial charge on any atom is -0.485 e.